The van der Waals surface area contributed by atoms with Crippen molar-refractivity contribution >= 4 is 17.4 Å². The Morgan fingerprint density at radius 3 is 2.67 bits per heavy atom. The molecule has 2 rings (SSSR count). The summed E-state index contributed by atoms with van der Waals surface area (Å²) in [4.78, 5) is 1.28. The minimum absolute atomic E-state index is 0.196. The molecule has 0 aliphatic heterocycles. The van der Waals surface area contributed by atoms with Crippen molar-refractivity contribution in [3.8, 4) is 0 Å². The molecule has 6 heteroatoms. The molecule has 1 atom stereocenters. The van der Waals surface area contributed by atoms with Gasteiger partial charge in [-0.3, -0.25) is 0 Å². The molecular formula is C15H24N4OS. The fourth-order valence-electron chi connectivity index (χ4n) is 2.02. The van der Waals surface area contributed by atoms with Gasteiger partial charge in [-0.2, -0.15) is 0 Å². The summed E-state index contributed by atoms with van der Waals surface area (Å²) in [5, 5.41) is 16.9. The first-order chi connectivity index (χ1) is 10.1. The lowest BCUT2D eigenvalue weighted by Crippen LogP contribution is -2.19. The summed E-state index contributed by atoms with van der Waals surface area (Å²) in [6.07, 6.45) is 0. The normalized spacial score (nSPS) is 13.0. The van der Waals surface area contributed by atoms with E-state index in [1.54, 1.807) is 11.3 Å². The molecule has 0 saturated carbocycles. The zero-order valence-corrected chi connectivity index (χ0v) is 13.9. The van der Waals surface area contributed by atoms with Crippen molar-refractivity contribution < 1.29 is 4.42 Å². The van der Waals surface area contributed by atoms with Crippen molar-refractivity contribution in [2.45, 2.75) is 40.3 Å². The molecule has 0 aliphatic carbocycles. The van der Waals surface area contributed by atoms with Crippen LogP contribution >= 0.6 is 11.3 Å². The number of hydrogen-bond acceptors (Lipinski definition) is 6. The number of rotatable bonds is 8. The molecule has 21 heavy (non-hydrogen) atoms. The molecule has 0 fully saturated rings. The monoisotopic (exact) mass is 308 g/mol. The highest BCUT2D eigenvalue weighted by Crippen LogP contribution is 2.29. The zero-order chi connectivity index (χ0) is 15.2. The summed E-state index contributed by atoms with van der Waals surface area (Å²) >= 11 is 1.74. The summed E-state index contributed by atoms with van der Waals surface area (Å²) in [6, 6.07) is 4.88. The Hall–Kier alpha value is -1.40. The van der Waals surface area contributed by atoms with Gasteiger partial charge in [0.2, 0.25) is 5.89 Å². The largest absolute Gasteiger partial charge is 0.407 e. The quantitative estimate of drug-likeness (QED) is 0.779. The Kier molecular flexibility index (Phi) is 5.76. The van der Waals surface area contributed by atoms with E-state index in [9.17, 15) is 0 Å². The van der Waals surface area contributed by atoms with Gasteiger partial charge in [0.25, 0.3) is 0 Å². The molecule has 5 nitrogen and oxygen atoms in total. The summed E-state index contributed by atoms with van der Waals surface area (Å²) < 4.78 is 5.65. The van der Waals surface area contributed by atoms with Gasteiger partial charge in [0.15, 0.2) is 0 Å². The van der Waals surface area contributed by atoms with Crippen LogP contribution < -0.4 is 10.6 Å². The predicted molar refractivity (Wildman–Crippen MR) is 86.4 cm³/mol. The van der Waals surface area contributed by atoms with Gasteiger partial charge < -0.3 is 15.1 Å². The maximum Gasteiger partial charge on any atom is 0.316 e. The first kappa shape index (κ1) is 16.0. The van der Waals surface area contributed by atoms with Gasteiger partial charge >= 0.3 is 6.01 Å². The van der Waals surface area contributed by atoms with E-state index in [0.717, 1.165) is 6.54 Å². The van der Waals surface area contributed by atoms with Crippen molar-refractivity contribution in [1.82, 2.24) is 15.5 Å². The fraction of sp³-hybridized carbons (Fsp3) is 0.600. The van der Waals surface area contributed by atoms with E-state index in [2.05, 4.69) is 66.0 Å². The highest BCUT2D eigenvalue weighted by molar-refractivity contribution is 7.10. The third-order valence-electron chi connectivity index (χ3n) is 3.09. The maximum atomic E-state index is 5.65. The third-order valence-corrected chi connectivity index (χ3v) is 4.05. The molecule has 2 aromatic heterocycles. The predicted octanol–water partition coefficient (Wildman–Crippen LogP) is 3.69. The minimum atomic E-state index is 0.196. The number of aromatic nitrogens is 2. The van der Waals surface area contributed by atoms with E-state index in [4.69, 9.17) is 4.42 Å². The molecule has 2 heterocycles. The lowest BCUT2D eigenvalue weighted by molar-refractivity contribution is 0.448. The van der Waals surface area contributed by atoms with Crippen LogP contribution in [0.4, 0.5) is 6.01 Å². The zero-order valence-electron chi connectivity index (χ0n) is 13.1. The second-order valence-electron chi connectivity index (χ2n) is 5.91. The number of hydrogen-bond donors (Lipinski definition) is 2. The maximum absolute atomic E-state index is 5.65. The van der Waals surface area contributed by atoms with Crippen LogP contribution in [0, 0.1) is 11.8 Å². The molecule has 1 unspecified atom stereocenters. The first-order valence-electron chi connectivity index (χ1n) is 7.39. The SMILES string of the molecule is CC(C)CNCc1nnc(NC(c2cccs2)C(C)C)o1. The second kappa shape index (κ2) is 7.56. The van der Waals surface area contributed by atoms with Gasteiger partial charge in [0.1, 0.15) is 0 Å². The molecule has 0 aromatic carbocycles. The van der Waals surface area contributed by atoms with E-state index in [-0.39, 0.29) is 6.04 Å². The molecule has 0 bridgehead atoms. The van der Waals surface area contributed by atoms with Gasteiger partial charge in [-0.1, -0.05) is 38.9 Å². The number of nitrogens with one attached hydrogen (secondary N) is 2. The molecule has 2 aromatic rings. The van der Waals surface area contributed by atoms with Gasteiger partial charge in [-0.25, -0.2) is 0 Å². The number of thiophene rings is 1. The van der Waals surface area contributed by atoms with E-state index in [1.165, 1.54) is 4.88 Å². The van der Waals surface area contributed by atoms with Crippen LogP contribution in [0.15, 0.2) is 21.9 Å². The van der Waals surface area contributed by atoms with Gasteiger partial charge in [0, 0.05) is 4.88 Å². The van der Waals surface area contributed by atoms with E-state index in [1.807, 2.05) is 0 Å². The Labute approximate surface area is 130 Å². The highest BCUT2D eigenvalue weighted by atomic mass is 32.1. The lowest BCUT2D eigenvalue weighted by atomic mass is 10.0. The van der Waals surface area contributed by atoms with Crippen molar-refractivity contribution in [2.24, 2.45) is 11.8 Å². The third kappa shape index (κ3) is 4.82. The average Bonchev–Trinajstić information content (AvgIpc) is 3.06. The van der Waals surface area contributed by atoms with Gasteiger partial charge in [-0.15, -0.1) is 16.4 Å². The smallest absolute Gasteiger partial charge is 0.316 e. The molecule has 0 saturated heterocycles. The van der Waals surface area contributed by atoms with Crippen LogP contribution in [0.3, 0.4) is 0 Å². The molecule has 116 valence electrons. The second-order valence-corrected chi connectivity index (χ2v) is 6.89. The van der Waals surface area contributed by atoms with Crippen molar-refractivity contribution in [2.75, 3.05) is 11.9 Å². The van der Waals surface area contributed by atoms with Crippen molar-refractivity contribution in [1.29, 1.82) is 0 Å². The highest BCUT2D eigenvalue weighted by Gasteiger charge is 2.19. The number of nitrogens with zero attached hydrogens (tertiary/aromatic N) is 2. The number of anilines is 1. The average molecular weight is 308 g/mol. The molecule has 2 N–H and O–H groups in total. The first-order valence-corrected chi connectivity index (χ1v) is 8.27. The fourth-order valence-corrected chi connectivity index (χ4v) is 2.97. The van der Waals surface area contributed by atoms with Crippen LogP contribution in [0.1, 0.15) is 44.5 Å². The van der Waals surface area contributed by atoms with E-state index >= 15 is 0 Å². The summed E-state index contributed by atoms with van der Waals surface area (Å²) in [5.41, 5.74) is 0. The molecule has 0 aliphatic rings. The Bertz CT molecular complexity index is 522. The van der Waals surface area contributed by atoms with Crippen LogP contribution in [0.25, 0.3) is 0 Å². The molecular weight excluding hydrogens is 284 g/mol. The molecule has 0 radical (unpaired) electrons. The summed E-state index contributed by atoms with van der Waals surface area (Å²) in [6.45, 7) is 10.2. The van der Waals surface area contributed by atoms with Crippen LogP contribution in [0.5, 0.6) is 0 Å². The summed E-state index contributed by atoms with van der Waals surface area (Å²) in [7, 11) is 0. The van der Waals surface area contributed by atoms with Crippen molar-refractivity contribution in [3.05, 3.63) is 28.3 Å². The Morgan fingerprint density at radius 2 is 2.05 bits per heavy atom. The Balaban J connectivity index is 1.94. The van der Waals surface area contributed by atoms with Crippen LogP contribution in [-0.2, 0) is 6.54 Å². The Morgan fingerprint density at radius 1 is 1.24 bits per heavy atom. The topological polar surface area (TPSA) is 63.0 Å². The lowest BCUT2D eigenvalue weighted by Gasteiger charge is -2.19. The molecule has 0 spiro atoms. The van der Waals surface area contributed by atoms with Gasteiger partial charge in [0.05, 0.1) is 12.6 Å². The van der Waals surface area contributed by atoms with Gasteiger partial charge in [-0.05, 0) is 29.8 Å². The summed E-state index contributed by atoms with van der Waals surface area (Å²) in [5.74, 6) is 1.67. The van der Waals surface area contributed by atoms with E-state index < -0.39 is 0 Å². The molecule has 0 amide bonds. The van der Waals surface area contributed by atoms with Crippen LogP contribution in [-0.4, -0.2) is 16.7 Å². The standard InChI is InChI=1S/C15H24N4OS/c1-10(2)8-16-9-13-18-19-15(20-13)17-14(11(3)4)12-6-5-7-21-12/h5-7,10-11,14,16H,8-9H2,1-4H3,(H,17,19). The van der Waals surface area contributed by atoms with Crippen molar-refractivity contribution in [3.63, 3.8) is 0 Å². The minimum Gasteiger partial charge on any atom is -0.407 e. The van der Waals surface area contributed by atoms with Crippen LogP contribution in [0.2, 0.25) is 0 Å². The van der Waals surface area contributed by atoms with E-state index in [0.29, 0.717) is 30.3 Å².